The number of aryl methyl sites for hydroxylation is 1. The van der Waals surface area contributed by atoms with Gasteiger partial charge in [-0.05, 0) is 37.3 Å². The van der Waals surface area contributed by atoms with Crippen LogP contribution >= 0.6 is 11.6 Å². The zero-order valence-corrected chi connectivity index (χ0v) is 18.8. The molecule has 0 bridgehead atoms. The molecule has 1 aliphatic rings. The van der Waals surface area contributed by atoms with Crippen molar-refractivity contribution in [3.05, 3.63) is 47.1 Å². The van der Waals surface area contributed by atoms with Gasteiger partial charge in [0.1, 0.15) is 11.5 Å². The smallest absolute Gasteiger partial charge is 0.482 e. The van der Waals surface area contributed by atoms with Crippen LogP contribution in [-0.2, 0) is 4.79 Å². The van der Waals surface area contributed by atoms with Gasteiger partial charge in [0.05, 0.1) is 16.2 Å². The number of carbonyl (C=O) groups is 1. The van der Waals surface area contributed by atoms with E-state index in [-0.39, 0.29) is 10.8 Å². The number of ether oxygens (including phenoxy) is 2. The Morgan fingerprint density at radius 2 is 1.94 bits per heavy atom. The summed E-state index contributed by atoms with van der Waals surface area (Å²) in [5.41, 5.74) is 2.09. The zero-order chi connectivity index (χ0) is 24.3. The predicted molar refractivity (Wildman–Crippen MR) is 122 cm³/mol. The molecular weight excluding hydrogens is 475 g/mol. The fourth-order valence-electron chi connectivity index (χ4n) is 3.49. The van der Waals surface area contributed by atoms with E-state index < -0.39 is 24.6 Å². The highest BCUT2D eigenvalue weighted by Crippen LogP contribution is 2.31. The van der Waals surface area contributed by atoms with Crippen LogP contribution in [0, 0.1) is 6.92 Å². The lowest BCUT2D eigenvalue weighted by molar-refractivity contribution is -0.274. The van der Waals surface area contributed by atoms with Gasteiger partial charge in [-0.1, -0.05) is 11.6 Å². The minimum absolute atomic E-state index is 0.0505. The number of alkyl halides is 3. The standard InChI is InChI=1S/C22H21ClF3N5O3/c1-13-16-10-14(2-4-18(16)30-21(28-13)31-8-6-27-7-9-31)29-20(32)12-33-19-5-3-15(11-17(19)23)34-22(24,25)26/h2-5,10-11,27H,6-9,12H2,1H3,(H,29,32). The van der Waals surface area contributed by atoms with Crippen molar-refractivity contribution in [1.29, 1.82) is 0 Å². The number of benzene rings is 2. The Labute approximate surface area is 198 Å². The van der Waals surface area contributed by atoms with Crippen LogP contribution in [0.4, 0.5) is 24.8 Å². The molecule has 12 heteroatoms. The van der Waals surface area contributed by atoms with Crippen molar-refractivity contribution >= 4 is 40.0 Å². The monoisotopic (exact) mass is 495 g/mol. The molecule has 34 heavy (non-hydrogen) atoms. The number of nitrogens with zero attached hydrogens (tertiary/aromatic N) is 3. The number of anilines is 2. The molecule has 2 aromatic carbocycles. The van der Waals surface area contributed by atoms with Crippen molar-refractivity contribution in [2.75, 3.05) is 43.0 Å². The van der Waals surface area contributed by atoms with Gasteiger partial charge in [0, 0.05) is 43.3 Å². The second-order valence-corrected chi connectivity index (χ2v) is 7.96. The second kappa shape index (κ2) is 9.90. The van der Waals surface area contributed by atoms with Gasteiger partial charge in [-0.2, -0.15) is 0 Å². The average molecular weight is 496 g/mol. The Morgan fingerprint density at radius 3 is 2.65 bits per heavy atom. The summed E-state index contributed by atoms with van der Waals surface area (Å²) in [4.78, 5) is 23.7. The minimum atomic E-state index is -4.83. The molecule has 8 nitrogen and oxygen atoms in total. The topological polar surface area (TPSA) is 88.6 Å². The van der Waals surface area contributed by atoms with Gasteiger partial charge in [0.2, 0.25) is 5.95 Å². The van der Waals surface area contributed by atoms with Crippen molar-refractivity contribution in [2.24, 2.45) is 0 Å². The summed E-state index contributed by atoms with van der Waals surface area (Å²) in [6, 6.07) is 8.52. The van der Waals surface area contributed by atoms with E-state index in [0.717, 1.165) is 54.9 Å². The number of piperazine rings is 1. The molecule has 3 aromatic rings. The van der Waals surface area contributed by atoms with Crippen molar-refractivity contribution < 1.29 is 27.4 Å². The summed E-state index contributed by atoms with van der Waals surface area (Å²) in [7, 11) is 0. The van der Waals surface area contributed by atoms with E-state index in [9.17, 15) is 18.0 Å². The van der Waals surface area contributed by atoms with Gasteiger partial charge >= 0.3 is 6.36 Å². The Bertz CT molecular complexity index is 1200. The van der Waals surface area contributed by atoms with E-state index in [1.807, 2.05) is 13.0 Å². The number of fused-ring (bicyclic) bond motifs is 1. The van der Waals surface area contributed by atoms with Gasteiger partial charge in [-0.25, -0.2) is 9.97 Å². The Morgan fingerprint density at radius 1 is 1.18 bits per heavy atom. The van der Waals surface area contributed by atoms with Crippen LogP contribution in [0.5, 0.6) is 11.5 Å². The fraction of sp³-hybridized carbons (Fsp3) is 0.318. The number of halogens is 4. The molecule has 0 spiro atoms. The number of hydrogen-bond acceptors (Lipinski definition) is 7. The SMILES string of the molecule is Cc1nc(N2CCNCC2)nc2ccc(NC(=O)COc3ccc(OC(F)(F)F)cc3Cl)cc12. The molecule has 2 heterocycles. The summed E-state index contributed by atoms with van der Waals surface area (Å²) in [5.74, 6) is -0.222. The van der Waals surface area contributed by atoms with Crippen molar-refractivity contribution in [3.8, 4) is 11.5 Å². The maximum absolute atomic E-state index is 12.3. The normalized spacial score (nSPS) is 14.2. The van der Waals surface area contributed by atoms with E-state index in [2.05, 4.69) is 30.2 Å². The van der Waals surface area contributed by atoms with Crippen LogP contribution in [-0.4, -0.2) is 55.0 Å². The minimum Gasteiger partial charge on any atom is -0.482 e. The molecule has 1 saturated heterocycles. The van der Waals surface area contributed by atoms with Crippen LogP contribution < -0.4 is 25.0 Å². The highest BCUT2D eigenvalue weighted by atomic mass is 35.5. The molecule has 0 aliphatic carbocycles. The highest BCUT2D eigenvalue weighted by Gasteiger charge is 2.31. The molecule has 1 aliphatic heterocycles. The lowest BCUT2D eigenvalue weighted by Crippen LogP contribution is -2.44. The summed E-state index contributed by atoms with van der Waals surface area (Å²) in [6.07, 6.45) is -4.83. The summed E-state index contributed by atoms with van der Waals surface area (Å²) >= 11 is 5.93. The fourth-order valence-corrected chi connectivity index (χ4v) is 3.71. The molecule has 4 rings (SSSR count). The maximum atomic E-state index is 12.3. The lowest BCUT2D eigenvalue weighted by Gasteiger charge is -2.27. The molecule has 1 amide bonds. The van der Waals surface area contributed by atoms with Crippen molar-refractivity contribution in [1.82, 2.24) is 15.3 Å². The number of hydrogen-bond donors (Lipinski definition) is 2. The van der Waals surface area contributed by atoms with Crippen molar-refractivity contribution in [3.63, 3.8) is 0 Å². The first-order valence-corrected chi connectivity index (χ1v) is 10.8. The molecule has 0 saturated carbocycles. The number of nitrogens with one attached hydrogen (secondary N) is 2. The van der Waals surface area contributed by atoms with Crippen molar-refractivity contribution in [2.45, 2.75) is 13.3 Å². The molecule has 2 N–H and O–H groups in total. The van der Waals surface area contributed by atoms with Gasteiger partial charge in [0.25, 0.3) is 5.91 Å². The van der Waals surface area contributed by atoms with Gasteiger partial charge in [0.15, 0.2) is 6.61 Å². The zero-order valence-electron chi connectivity index (χ0n) is 18.1. The third-order valence-electron chi connectivity index (χ3n) is 5.05. The molecular formula is C22H21ClF3N5O3. The van der Waals surface area contributed by atoms with E-state index in [4.69, 9.17) is 16.3 Å². The van der Waals surface area contributed by atoms with Gasteiger partial charge in [-0.15, -0.1) is 13.2 Å². The van der Waals surface area contributed by atoms with E-state index in [1.165, 1.54) is 6.07 Å². The van der Waals surface area contributed by atoms with Crippen LogP contribution in [0.2, 0.25) is 5.02 Å². The lowest BCUT2D eigenvalue weighted by atomic mass is 10.1. The number of aromatic nitrogens is 2. The van der Waals surface area contributed by atoms with Crippen LogP contribution in [0.3, 0.4) is 0 Å². The molecule has 180 valence electrons. The highest BCUT2D eigenvalue weighted by molar-refractivity contribution is 6.32. The second-order valence-electron chi connectivity index (χ2n) is 7.55. The summed E-state index contributed by atoms with van der Waals surface area (Å²) in [5, 5.41) is 6.70. The molecule has 0 atom stereocenters. The third kappa shape index (κ3) is 5.97. The summed E-state index contributed by atoms with van der Waals surface area (Å²) in [6.45, 7) is 4.92. The Balaban J connectivity index is 1.39. The largest absolute Gasteiger partial charge is 0.573 e. The first-order valence-electron chi connectivity index (χ1n) is 10.4. The first kappa shape index (κ1) is 23.8. The van der Waals surface area contributed by atoms with Gasteiger partial charge in [-0.3, -0.25) is 4.79 Å². The molecule has 1 fully saturated rings. The Kier molecular flexibility index (Phi) is 6.94. The quantitative estimate of drug-likeness (QED) is 0.536. The third-order valence-corrected chi connectivity index (χ3v) is 5.35. The molecule has 1 aromatic heterocycles. The molecule has 0 radical (unpaired) electrons. The van der Waals surface area contributed by atoms with Crippen LogP contribution in [0.25, 0.3) is 10.9 Å². The number of carbonyl (C=O) groups excluding carboxylic acids is 1. The van der Waals surface area contributed by atoms with Crippen LogP contribution in [0.15, 0.2) is 36.4 Å². The van der Waals surface area contributed by atoms with E-state index >= 15 is 0 Å². The molecule has 0 unspecified atom stereocenters. The number of amides is 1. The maximum Gasteiger partial charge on any atom is 0.573 e. The van der Waals surface area contributed by atoms with E-state index in [0.29, 0.717) is 11.6 Å². The average Bonchev–Trinajstić information content (AvgIpc) is 2.78. The Hall–Kier alpha value is -3.31. The predicted octanol–water partition coefficient (Wildman–Crippen LogP) is 3.92. The summed E-state index contributed by atoms with van der Waals surface area (Å²) < 4.78 is 46.0. The van der Waals surface area contributed by atoms with Crippen LogP contribution in [0.1, 0.15) is 5.69 Å². The first-order chi connectivity index (χ1) is 16.2. The number of rotatable bonds is 6. The van der Waals surface area contributed by atoms with Gasteiger partial charge < -0.3 is 25.0 Å². The van der Waals surface area contributed by atoms with E-state index in [1.54, 1.807) is 12.1 Å².